The number of ether oxygens (including phenoxy) is 1. The Hall–Kier alpha value is -14.3. The van der Waals surface area contributed by atoms with E-state index in [4.69, 9.17) is 10.5 Å². The van der Waals surface area contributed by atoms with Gasteiger partial charge in [-0.1, -0.05) is 124 Å². The lowest BCUT2D eigenvalue weighted by Gasteiger charge is -2.41. The number of carboxylic acid groups (broad SMARTS) is 3. The van der Waals surface area contributed by atoms with Crippen molar-refractivity contribution in [1.82, 2.24) is 89.6 Å². The number of hydrogen-bond acceptors (Lipinski definition) is 24. The van der Waals surface area contributed by atoms with E-state index in [0.717, 1.165) is 27.8 Å². The highest BCUT2D eigenvalue weighted by atomic mass is 32.1. The molecule has 5 aliphatic heterocycles. The molecule has 150 heavy (non-hydrogen) atoms. The van der Waals surface area contributed by atoms with Gasteiger partial charge in [0, 0.05) is 69.5 Å². The molecular weight excluding hydrogens is 1970 g/mol. The average Bonchev–Trinajstić information content (AvgIpc) is 1.62. The van der Waals surface area contributed by atoms with Crippen LogP contribution in [0.5, 0.6) is 0 Å². The van der Waals surface area contributed by atoms with Crippen LogP contribution in [0.15, 0.2) is 133 Å². The van der Waals surface area contributed by atoms with Crippen LogP contribution in [0.25, 0.3) is 10.1 Å². The van der Waals surface area contributed by atoms with Crippen molar-refractivity contribution >= 4 is 134 Å². The summed E-state index contributed by atoms with van der Waals surface area (Å²) in [5.41, 5.74) is -2.06. The van der Waals surface area contributed by atoms with Gasteiger partial charge >= 0.3 is 30.2 Å². The number of amides is 16. The lowest BCUT2D eigenvalue weighted by atomic mass is 9.83. The predicted molar refractivity (Wildman–Crippen MR) is 541 cm³/mol. The third-order valence-corrected chi connectivity index (χ3v) is 28.0. The van der Waals surface area contributed by atoms with Crippen molar-refractivity contribution in [2.75, 3.05) is 32.8 Å². The molecule has 814 valence electrons. The van der Waals surface area contributed by atoms with Gasteiger partial charge in [0.25, 0.3) is 0 Å². The maximum absolute atomic E-state index is 16.2. The van der Waals surface area contributed by atoms with E-state index in [9.17, 15) is 78.0 Å². The fourth-order valence-electron chi connectivity index (χ4n) is 18.9. The Balaban J connectivity index is 1.07. The maximum atomic E-state index is 16.2. The summed E-state index contributed by atoms with van der Waals surface area (Å²) < 4.78 is 52.7. The summed E-state index contributed by atoms with van der Waals surface area (Å²) >= 11 is 1.28. The Bertz CT molecular complexity index is 5800. The number of carbonyl (C=O) groups excluding carboxylic acids is 16. The first-order valence-corrected chi connectivity index (χ1v) is 51.2. The minimum atomic E-state index is -5.04. The quantitative estimate of drug-likeness (QED) is 0.0592. The molecule has 0 radical (unpaired) electrons. The Kier molecular flexibility index (Phi) is 42.1. The number of rotatable bonds is 17. The lowest BCUT2D eigenvalue weighted by molar-refractivity contribution is -0.146. The van der Waals surface area contributed by atoms with E-state index in [0.29, 0.717) is 22.9 Å². The number of halogens is 3. The van der Waals surface area contributed by atoms with Gasteiger partial charge in [-0.2, -0.15) is 13.2 Å². The highest BCUT2D eigenvalue weighted by Gasteiger charge is 2.52. The summed E-state index contributed by atoms with van der Waals surface area (Å²) in [4.78, 5) is 278. The molecule has 0 saturated carbocycles. The third-order valence-electron chi connectivity index (χ3n) is 27.0. The van der Waals surface area contributed by atoms with E-state index in [1.165, 1.54) is 81.2 Å². The minimum absolute atomic E-state index is 0.00506. The maximum Gasteiger partial charge on any atom is 0.416 e. The number of likely N-dealkylation sites (tertiary alicyclic amines) is 1. The molecule has 2 unspecified atom stereocenters. The van der Waals surface area contributed by atoms with Gasteiger partial charge in [-0.15, -0.1) is 11.3 Å². The molecule has 21 N–H and O–H groups in total. The highest BCUT2D eigenvalue weighted by molar-refractivity contribution is 7.17. The van der Waals surface area contributed by atoms with Crippen LogP contribution in [-0.2, 0) is 118 Å². The second-order valence-corrected chi connectivity index (χ2v) is 41.4. The molecule has 46 heteroatoms. The van der Waals surface area contributed by atoms with Gasteiger partial charge in [-0.05, 0) is 200 Å². The number of alkyl halides is 3. The Morgan fingerprint density at radius 1 is 0.573 bits per heavy atom. The van der Waals surface area contributed by atoms with E-state index < -0.39 is 288 Å². The van der Waals surface area contributed by atoms with Crippen LogP contribution in [0.1, 0.15) is 216 Å². The molecule has 1 aromatic heterocycles. The molecule has 10 rings (SSSR count). The SMILES string of the molecule is CC(=O)N1CCC[C@]12C/C=C\CCC[C@@]1(CCCC=CCCCOC(=O)N3CC4N[C@@H](Cc5ccccc5C(F)(F)F)C(=O)N[C@@H](Cc5csc6ccccc56)C(=O)N[C@H](C(=O)N[C@@H](C)C(N)=O)CCC(=O)NCCCC[C@H](NC(=O)[C@H](Cc5ccccc5)NC(=O)[C@H](C)NC(=O)C(C)(C)NC(=O)[C@H](Cc5cccc(C(=O)O)c5)NC(=O)[C@H](CC(=O)O)NC1=O)C(=O)N[C@@H]4C3)NC(O)[C@H](CC(C)(C)C)NC(=O)[C@H](CC(=O)O)NC2=O. The van der Waals surface area contributed by atoms with Gasteiger partial charge in [0.05, 0.1) is 54.2 Å². The first kappa shape index (κ1) is 118. The fourth-order valence-corrected chi connectivity index (χ4v) is 19.9. The molecule has 3 saturated heterocycles. The van der Waals surface area contributed by atoms with Gasteiger partial charge in [0.1, 0.15) is 71.7 Å². The molecule has 6 heterocycles. The van der Waals surface area contributed by atoms with Crippen molar-refractivity contribution in [1.29, 1.82) is 0 Å². The van der Waals surface area contributed by atoms with Crippen molar-refractivity contribution in [3.8, 4) is 0 Å². The number of nitrogens with two attached hydrogens (primary N) is 1. The number of thiophene rings is 1. The molecule has 4 aromatic carbocycles. The van der Waals surface area contributed by atoms with Crippen LogP contribution in [0.3, 0.4) is 0 Å². The largest absolute Gasteiger partial charge is 0.481 e. The van der Waals surface area contributed by atoms with Gasteiger partial charge in [0.2, 0.25) is 88.6 Å². The van der Waals surface area contributed by atoms with Gasteiger partial charge < -0.3 is 110 Å². The van der Waals surface area contributed by atoms with E-state index in [2.05, 4.69) is 79.8 Å². The molecule has 3 bridgehead atoms. The Labute approximate surface area is 869 Å². The van der Waals surface area contributed by atoms with E-state index >= 15 is 46.7 Å². The molecule has 16 atom stereocenters. The Morgan fingerprint density at radius 3 is 1.81 bits per heavy atom. The number of carboxylic acids is 3. The van der Waals surface area contributed by atoms with Crippen LogP contribution in [0.4, 0.5) is 18.0 Å². The summed E-state index contributed by atoms with van der Waals surface area (Å²) in [6.45, 7) is 10.1. The number of cyclic esters (lactones) is 1. The second-order valence-electron chi connectivity index (χ2n) is 40.5. The summed E-state index contributed by atoms with van der Waals surface area (Å²) in [6.07, 6.45) is -6.66. The molecule has 2 spiro atoms. The summed E-state index contributed by atoms with van der Waals surface area (Å²) in [6, 6.07) is 3.10. The van der Waals surface area contributed by atoms with Crippen LogP contribution in [-0.4, -0.2) is 277 Å². The predicted octanol–water partition coefficient (Wildman–Crippen LogP) is 3.56. The van der Waals surface area contributed by atoms with Crippen LogP contribution in [0.2, 0.25) is 0 Å². The van der Waals surface area contributed by atoms with Crippen LogP contribution in [0, 0.1) is 5.41 Å². The first-order valence-electron chi connectivity index (χ1n) is 50.3. The summed E-state index contributed by atoms with van der Waals surface area (Å²) in [5, 5.41) is 86.9. The smallest absolute Gasteiger partial charge is 0.416 e. The number of aliphatic hydroxyl groups excluding tert-OH is 1. The van der Waals surface area contributed by atoms with Crippen molar-refractivity contribution in [2.24, 2.45) is 11.1 Å². The number of primary amides is 1. The van der Waals surface area contributed by atoms with E-state index in [1.54, 1.807) is 105 Å². The number of benzene rings is 4. The molecule has 3 fully saturated rings. The molecule has 5 aromatic rings. The summed E-state index contributed by atoms with van der Waals surface area (Å²) in [7, 11) is 0. The second kappa shape index (κ2) is 53.7. The molecule has 5 aliphatic rings. The number of aliphatic hydroxyl groups is 1. The number of nitrogens with zero attached hydrogens (tertiary/aromatic N) is 2. The van der Waals surface area contributed by atoms with Gasteiger partial charge in [-0.25, -0.2) is 9.59 Å². The highest BCUT2D eigenvalue weighted by Crippen LogP contribution is 2.37. The summed E-state index contributed by atoms with van der Waals surface area (Å²) in [5.74, 6) is -19.6. The minimum Gasteiger partial charge on any atom is -0.481 e. The number of hydrogen-bond donors (Lipinski definition) is 20. The average molecular weight is 2110 g/mol. The normalized spacial score (nSPS) is 26.7. The monoisotopic (exact) mass is 2110 g/mol. The Morgan fingerprint density at radius 2 is 1.15 bits per heavy atom. The van der Waals surface area contributed by atoms with Gasteiger partial charge in [-0.3, -0.25) is 92.1 Å². The standard InChI is InChI=1S/C104H137F3N18O24S/c1-59(84(108)132)110-86(134)70-39-40-81(127)109-45-26-22-37-69-87(135)119-79-57-124(56-78(79)112-73(51-64-33-18-20-36-68(64)104(105,106)107)89(137)117-74(90(138)114-70)52-66-58-150-80-38-21-19-35-67(66)80)99(148)149-47-27-14-10-9-11-23-41-102(42-24-12-13-25-43-103(44-29-46-125(103)61(3)126)98(147)121-76(54-83(130)131)92(140)118-77(94(142)123-102)55-100(4,5)6)97(146)120-75(53-82(128)129)91(139)116-72(50-63-32-28-34-65(48-63)95(143)144)93(141)122-101(7,8)96(145)111-60(2)85(133)115-71(88(136)113-69)49-62-30-16-15-17-31-62/h9-10,13,15-21,25,28,30-36,38,48,58-60,69-79,94,112,123,142H,11-12,14,22-24,26-27,29,37,39-47,49-57H2,1-8H3,(H2,108,132)(H,109,127)(H,110,134)(H,111,145)(H,113,136)(H,114,138)(H,115,133)(H,116,139)(H,117,137)(H,118,140)(H,119,135)(H,120,146)(H,121,147)(H,122,141)(H,128,129)(H,130,131)(H,143,144)/b10-9?,25-13-/t59-,60-,69-,70-,71-,72-,73-,74-,75-,76-,77-,78?,79+,94?,102+,103-/m0/s1. The number of aromatic carboxylic acids is 1. The van der Waals surface area contributed by atoms with Crippen molar-refractivity contribution in [3.63, 3.8) is 0 Å². The number of carbonyl (C=O) groups is 19. The number of allylic oxidation sites excluding steroid dienone is 3. The van der Waals surface area contributed by atoms with Gasteiger partial charge in [0.15, 0.2) is 0 Å². The molecule has 42 nitrogen and oxygen atoms in total. The number of nitrogens with one attached hydrogen (secondary N) is 15. The zero-order valence-electron chi connectivity index (χ0n) is 85.1. The van der Waals surface area contributed by atoms with Crippen molar-refractivity contribution < 1.29 is 129 Å². The zero-order chi connectivity index (χ0) is 110. The zero-order valence-corrected chi connectivity index (χ0v) is 85.9. The van der Waals surface area contributed by atoms with Crippen LogP contribution < -0.4 is 85.5 Å². The first-order chi connectivity index (χ1) is 70.9. The third kappa shape index (κ3) is 33.9. The molecular formula is C104H137F3N18O24S. The number of fused-ring (bicyclic) bond motifs is 4. The fraction of sp³-hybridized carbons (Fsp3) is 0.529. The molecule has 0 aliphatic carbocycles. The molecule has 16 amide bonds. The van der Waals surface area contributed by atoms with Crippen molar-refractivity contribution in [2.45, 2.75) is 311 Å². The lowest BCUT2D eigenvalue weighted by Crippen LogP contribution is -2.67. The topological polar surface area (TPSA) is 627 Å². The van der Waals surface area contributed by atoms with Crippen molar-refractivity contribution in [3.05, 3.63) is 166 Å². The van der Waals surface area contributed by atoms with E-state index in [-0.39, 0.29) is 134 Å². The van der Waals surface area contributed by atoms with Crippen LogP contribution >= 0.6 is 11.3 Å². The number of aliphatic carboxylic acids is 2. The van der Waals surface area contributed by atoms with E-state index in [1.807, 2.05) is 0 Å².